The molecule has 34 heavy (non-hydrogen) atoms. The minimum absolute atomic E-state index is 0.00892. The zero-order valence-electron chi connectivity index (χ0n) is 19.0. The highest BCUT2D eigenvalue weighted by Crippen LogP contribution is 2.40. The van der Waals surface area contributed by atoms with E-state index in [1.165, 1.54) is 34.3 Å². The van der Waals surface area contributed by atoms with Crippen LogP contribution in [-0.2, 0) is 10.0 Å². The number of ether oxygens (including phenoxy) is 3. The Labute approximate surface area is 195 Å². The molecule has 0 bridgehead atoms. The number of nitrogens with one attached hydrogen (secondary N) is 3. The number of sulfonamides is 1. The molecular weight excluding hydrogens is 472 g/mol. The van der Waals surface area contributed by atoms with Gasteiger partial charge in [-0.25, -0.2) is 22.2 Å². The van der Waals surface area contributed by atoms with E-state index in [0.717, 1.165) is 18.5 Å². The summed E-state index contributed by atoms with van der Waals surface area (Å²) in [4.78, 5) is 8.04. The van der Waals surface area contributed by atoms with E-state index in [4.69, 9.17) is 14.2 Å². The first-order chi connectivity index (χ1) is 16.1. The van der Waals surface area contributed by atoms with E-state index in [1.807, 2.05) is 0 Å². The molecule has 182 valence electrons. The van der Waals surface area contributed by atoms with E-state index >= 15 is 0 Å². The van der Waals surface area contributed by atoms with Crippen LogP contribution < -0.4 is 29.6 Å². The quantitative estimate of drug-likeness (QED) is 0.405. The molecule has 0 aliphatic heterocycles. The Balaban J connectivity index is 1.97. The smallest absolute Gasteiger partial charge is 0.229 e. The number of aromatic nitrogens is 2. The standard InChI is InChI=1S/C21H23F2N5O5S/c1-11-13(22)6-7-15(18(11)28-34(5,29)30)26-20-14(23)10-24-21(27-20)25-12-8-16(31-2)19(33-4)17(9-12)32-3/h6-10,28H,1-5H3,(H2,24,25,26,27). The summed E-state index contributed by atoms with van der Waals surface area (Å²) < 4.78 is 70.2. The van der Waals surface area contributed by atoms with Crippen LogP contribution in [0.2, 0.25) is 0 Å². The average Bonchev–Trinajstić information content (AvgIpc) is 2.79. The van der Waals surface area contributed by atoms with E-state index < -0.39 is 21.7 Å². The summed E-state index contributed by atoms with van der Waals surface area (Å²) in [6, 6.07) is 5.61. The highest BCUT2D eigenvalue weighted by atomic mass is 32.2. The molecule has 3 rings (SSSR count). The fourth-order valence-electron chi connectivity index (χ4n) is 3.03. The Bertz CT molecular complexity index is 1300. The second-order valence-corrected chi connectivity index (χ2v) is 8.77. The maximum Gasteiger partial charge on any atom is 0.229 e. The van der Waals surface area contributed by atoms with Gasteiger partial charge in [-0.05, 0) is 19.1 Å². The van der Waals surface area contributed by atoms with Gasteiger partial charge in [0.15, 0.2) is 23.1 Å². The fraction of sp³-hybridized carbons (Fsp3) is 0.238. The second-order valence-electron chi connectivity index (χ2n) is 7.02. The Kier molecular flexibility index (Phi) is 7.25. The minimum atomic E-state index is -3.74. The van der Waals surface area contributed by atoms with E-state index in [-0.39, 0.29) is 28.7 Å². The maximum absolute atomic E-state index is 14.5. The van der Waals surface area contributed by atoms with Crippen LogP contribution in [0.15, 0.2) is 30.5 Å². The minimum Gasteiger partial charge on any atom is -0.493 e. The Morgan fingerprint density at radius 2 is 1.59 bits per heavy atom. The summed E-state index contributed by atoms with van der Waals surface area (Å²) in [7, 11) is 0.657. The molecule has 0 spiro atoms. The topological polar surface area (TPSA) is 124 Å². The molecule has 1 aromatic heterocycles. The van der Waals surface area contributed by atoms with Crippen molar-refractivity contribution in [2.24, 2.45) is 0 Å². The van der Waals surface area contributed by atoms with Gasteiger partial charge in [-0.1, -0.05) is 0 Å². The SMILES string of the molecule is COc1cc(Nc2ncc(F)c(Nc3ccc(F)c(C)c3NS(C)(=O)=O)n2)cc(OC)c1OC. The monoisotopic (exact) mass is 495 g/mol. The first-order valence-electron chi connectivity index (χ1n) is 9.69. The van der Waals surface area contributed by atoms with Crippen LogP contribution in [0.4, 0.5) is 37.6 Å². The van der Waals surface area contributed by atoms with Gasteiger partial charge in [0.05, 0.1) is 45.2 Å². The first-order valence-corrected chi connectivity index (χ1v) is 11.6. The summed E-state index contributed by atoms with van der Waals surface area (Å²) in [6.45, 7) is 1.39. The Morgan fingerprint density at radius 3 is 2.15 bits per heavy atom. The van der Waals surface area contributed by atoms with Crippen LogP contribution in [0, 0.1) is 18.6 Å². The highest BCUT2D eigenvalue weighted by molar-refractivity contribution is 7.92. The largest absolute Gasteiger partial charge is 0.493 e. The van der Waals surface area contributed by atoms with Crippen molar-refractivity contribution in [3.8, 4) is 17.2 Å². The number of nitrogens with zero attached hydrogens (tertiary/aromatic N) is 2. The predicted octanol–water partition coefficient (Wildman–Crippen LogP) is 3.95. The van der Waals surface area contributed by atoms with Gasteiger partial charge in [0.2, 0.25) is 21.7 Å². The molecule has 0 fully saturated rings. The van der Waals surface area contributed by atoms with Gasteiger partial charge < -0.3 is 24.8 Å². The van der Waals surface area contributed by atoms with Crippen LogP contribution >= 0.6 is 0 Å². The van der Waals surface area contributed by atoms with Crippen molar-refractivity contribution in [1.82, 2.24) is 9.97 Å². The van der Waals surface area contributed by atoms with Gasteiger partial charge in [0, 0.05) is 23.4 Å². The lowest BCUT2D eigenvalue weighted by atomic mass is 10.1. The lowest BCUT2D eigenvalue weighted by Crippen LogP contribution is -2.13. The number of methoxy groups -OCH3 is 3. The third-order valence-corrected chi connectivity index (χ3v) is 5.18. The van der Waals surface area contributed by atoms with Crippen LogP contribution in [0.1, 0.15) is 5.56 Å². The van der Waals surface area contributed by atoms with Crippen LogP contribution in [0.25, 0.3) is 0 Å². The molecule has 0 amide bonds. The average molecular weight is 496 g/mol. The molecule has 0 saturated heterocycles. The normalized spacial score (nSPS) is 11.0. The van der Waals surface area contributed by atoms with Crippen molar-refractivity contribution in [3.05, 3.63) is 47.7 Å². The maximum atomic E-state index is 14.5. The van der Waals surface area contributed by atoms with Crippen LogP contribution in [0.3, 0.4) is 0 Å². The van der Waals surface area contributed by atoms with Crippen molar-refractivity contribution < 1.29 is 31.4 Å². The third kappa shape index (κ3) is 5.54. The number of benzene rings is 2. The Morgan fingerprint density at radius 1 is 0.941 bits per heavy atom. The summed E-state index contributed by atoms with van der Waals surface area (Å²) in [6.07, 6.45) is 1.85. The number of anilines is 5. The van der Waals surface area contributed by atoms with Crippen LogP contribution in [0.5, 0.6) is 17.2 Å². The lowest BCUT2D eigenvalue weighted by Gasteiger charge is -2.17. The zero-order valence-corrected chi connectivity index (χ0v) is 19.8. The molecule has 0 aliphatic rings. The van der Waals surface area contributed by atoms with Crippen molar-refractivity contribution in [1.29, 1.82) is 0 Å². The molecule has 0 atom stereocenters. The zero-order chi connectivity index (χ0) is 25.0. The number of rotatable bonds is 9. The van der Waals surface area contributed by atoms with Gasteiger partial charge in [0.25, 0.3) is 0 Å². The van der Waals surface area contributed by atoms with Gasteiger partial charge in [-0.2, -0.15) is 4.98 Å². The first kappa shape index (κ1) is 24.8. The molecule has 0 radical (unpaired) electrons. The van der Waals surface area contributed by atoms with E-state index in [0.29, 0.717) is 22.9 Å². The van der Waals surface area contributed by atoms with Gasteiger partial charge >= 0.3 is 0 Å². The van der Waals surface area contributed by atoms with Crippen molar-refractivity contribution in [2.45, 2.75) is 6.92 Å². The second kappa shape index (κ2) is 9.95. The molecule has 1 heterocycles. The predicted molar refractivity (Wildman–Crippen MR) is 124 cm³/mol. The number of hydrogen-bond donors (Lipinski definition) is 3. The molecule has 0 unspecified atom stereocenters. The lowest BCUT2D eigenvalue weighted by molar-refractivity contribution is 0.324. The highest BCUT2D eigenvalue weighted by Gasteiger charge is 2.18. The van der Waals surface area contributed by atoms with E-state index in [9.17, 15) is 17.2 Å². The summed E-state index contributed by atoms with van der Waals surface area (Å²) in [5.41, 5.74) is 0.519. The summed E-state index contributed by atoms with van der Waals surface area (Å²) >= 11 is 0. The molecule has 0 aliphatic carbocycles. The van der Waals surface area contributed by atoms with Crippen molar-refractivity contribution >= 4 is 38.9 Å². The summed E-state index contributed by atoms with van der Waals surface area (Å²) in [5, 5.41) is 5.61. The van der Waals surface area contributed by atoms with Gasteiger partial charge in [-0.3, -0.25) is 4.72 Å². The summed E-state index contributed by atoms with van der Waals surface area (Å²) in [5.74, 6) is -0.573. The Hall–Kier alpha value is -3.87. The van der Waals surface area contributed by atoms with Gasteiger partial charge in [0.1, 0.15) is 5.82 Å². The molecule has 2 aromatic carbocycles. The third-order valence-electron chi connectivity index (χ3n) is 4.60. The number of hydrogen-bond acceptors (Lipinski definition) is 9. The van der Waals surface area contributed by atoms with E-state index in [1.54, 1.807) is 12.1 Å². The van der Waals surface area contributed by atoms with Crippen molar-refractivity contribution in [2.75, 3.05) is 42.9 Å². The van der Waals surface area contributed by atoms with E-state index in [2.05, 4.69) is 25.3 Å². The molecule has 10 nitrogen and oxygen atoms in total. The molecule has 13 heteroatoms. The fourth-order valence-corrected chi connectivity index (χ4v) is 3.67. The molecule has 3 N–H and O–H groups in total. The molecular formula is C21H23F2N5O5S. The number of halogens is 2. The molecule has 3 aromatic rings. The molecule has 0 saturated carbocycles. The van der Waals surface area contributed by atoms with Crippen molar-refractivity contribution in [3.63, 3.8) is 0 Å². The van der Waals surface area contributed by atoms with Gasteiger partial charge in [-0.15, -0.1) is 0 Å². The van der Waals surface area contributed by atoms with Crippen LogP contribution in [-0.4, -0.2) is 46.0 Å².